The summed E-state index contributed by atoms with van der Waals surface area (Å²) in [5.41, 5.74) is 1.43. The van der Waals surface area contributed by atoms with Gasteiger partial charge in [-0.05, 0) is 37.3 Å². The summed E-state index contributed by atoms with van der Waals surface area (Å²) in [6.45, 7) is 5.98. The predicted molar refractivity (Wildman–Crippen MR) is 70.7 cm³/mol. The van der Waals surface area contributed by atoms with Gasteiger partial charge in [-0.25, -0.2) is 0 Å². The average Bonchev–Trinajstić information content (AvgIpc) is 2.24. The van der Waals surface area contributed by atoms with Crippen molar-refractivity contribution in [2.45, 2.75) is 38.5 Å². The largest absolute Gasteiger partial charge is 0.496 e. The molecule has 0 amide bonds. The first kappa shape index (κ1) is 15.0. The molecule has 1 aromatic rings. The lowest BCUT2D eigenvalue weighted by atomic mass is 10.00. The summed E-state index contributed by atoms with van der Waals surface area (Å²) in [7, 11) is -2.70. The Morgan fingerprint density at radius 3 is 2.39 bits per heavy atom. The van der Waals surface area contributed by atoms with Gasteiger partial charge < -0.3 is 4.74 Å². The minimum absolute atomic E-state index is 0.0504. The van der Waals surface area contributed by atoms with Crippen LogP contribution in [0.5, 0.6) is 5.75 Å². The van der Waals surface area contributed by atoms with Crippen LogP contribution in [0.25, 0.3) is 0 Å². The molecule has 102 valence electrons. The SMILES string of the molecule is COc1c(C)ccc(S(=O)(=O)O)c1CCC(C)C. The molecule has 0 aliphatic carbocycles. The van der Waals surface area contributed by atoms with Crippen LogP contribution in [0.15, 0.2) is 17.0 Å². The molecular formula is C13H20O4S. The molecule has 0 radical (unpaired) electrons. The lowest BCUT2D eigenvalue weighted by molar-refractivity contribution is 0.401. The molecule has 0 spiro atoms. The van der Waals surface area contributed by atoms with Crippen LogP contribution in [0.4, 0.5) is 0 Å². The first-order valence-corrected chi connectivity index (χ1v) is 7.35. The lowest BCUT2D eigenvalue weighted by Gasteiger charge is -2.15. The van der Waals surface area contributed by atoms with Crippen LogP contribution < -0.4 is 4.74 Å². The summed E-state index contributed by atoms with van der Waals surface area (Å²) in [5.74, 6) is 0.996. The van der Waals surface area contributed by atoms with Crippen LogP contribution in [0.1, 0.15) is 31.4 Å². The number of rotatable bonds is 5. The van der Waals surface area contributed by atoms with Gasteiger partial charge in [-0.15, -0.1) is 0 Å². The zero-order chi connectivity index (χ0) is 13.9. The average molecular weight is 272 g/mol. The van der Waals surface area contributed by atoms with E-state index in [9.17, 15) is 13.0 Å². The molecule has 1 rings (SSSR count). The summed E-state index contributed by atoms with van der Waals surface area (Å²) in [4.78, 5) is -0.0504. The minimum atomic E-state index is -4.21. The van der Waals surface area contributed by atoms with Gasteiger partial charge in [0.15, 0.2) is 0 Å². The molecule has 0 aromatic heterocycles. The Bertz CT molecular complexity index is 518. The third-order valence-electron chi connectivity index (χ3n) is 2.87. The molecule has 1 N–H and O–H groups in total. The van der Waals surface area contributed by atoms with Crippen molar-refractivity contribution < 1.29 is 17.7 Å². The van der Waals surface area contributed by atoms with Crippen molar-refractivity contribution in [1.82, 2.24) is 0 Å². The van der Waals surface area contributed by atoms with Gasteiger partial charge in [0.25, 0.3) is 10.1 Å². The van der Waals surface area contributed by atoms with Crippen LogP contribution in [-0.2, 0) is 16.5 Å². The molecule has 18 heavy (non-hydrogen) atoms. The third-order valence-corrected chi connectivity index (χ3v) is 3.81. The summed E-state index contributed by atoms with van der Waals surface area (Å²) in [6.07, 6.45) is 1.40. The standard InChI is InChI=1S/C13H20O4S/c1-9(2)5-7-11-12(18(14,15)16)8-6-10(3)13(11)17-4/h6,8-9H,5,7H2,1-4H3,(H,14,15,16). The number of hydrogen-bond donors (Lipinski definition) is 1. The highest BCUT2D eigenvalue weighted by molar-refractivity contribution is 7.85. The normalized spacial score (nSPS) is 11.9. The van der Waals surface area contributed by atoms with Crippen molar-refractivity contribution in [3.63, 3.8) is 0 Å². The fourth-order valence-corrected chi connectivity index (χ4v) is 2.67. The Morgan fingerprint density at radius 2 is 1.94 bits per heavy atom. The first-order chi connectivity index (χ1) is 8.27. The summed E-state index contributed by atoms with van der Waals surface area (Å²) in [6, 6.07) is 3.07. The van der Waals surface area contributed by atoms with E-state index in [1.165, 1.54) is 13.2 Å². The van der Waals surface area contributed by atoms with E-state index >= 15 is 0 Å². The number of aryl methyl sites for hydroxylation is 1. The van der Waals surface area contributed by atoms with E-state index in [0.29, 0.717) is 23.7 Å². The van der Waals surface area contributed by atoms with E-state index in [2.05, 4.69) is 13.8 Å². The van der Waals surface area contributed by atoms with E-state index in [0.717, 1.165) is 12.0 Å². The second kappa shape index (κ2) is 5.71. The molecular weight excluding hydrogens is 252 g/mol. The number of methoxy groups -OCH3 is 1. The highest BCUT2D eigenvalue weighted by Crippen LogP contribution is 2.31. The molecule has 0 saturated heterocycles. The quantitative estimate of drug-likeness (QED) is 0.837. The maximum atomic E-state index is 11.4. The number of hydrogen-bond acceptors (Lipinski definition) is 3. The lowest BCUT2D eigenvalue weighted by Crippen LogP contribution is -2.07. The summed E-state index contributed by atoms with van der Waals surface area (Å²) in [5, 5.41) is 0. The first-order valence-electron chi connectivity index (χ1n) is 5.91. The summed E-state index contributed by atoms with van der Waals surface area (Å²) >= 11 is 0. The molecule has 0 unspecified atom stereocenters. The Balaban J connectivity index is 3.35. The Labute approximate surface area is 109 Å². The number of ether oxygens (including phenoxy) is 1. The zero-order valence-electron chi connectivity index (χ0n) is 11.2. The smallest absolute Gasteiger partial charge is 0.294 e. The highest BCUT2D eigenvalue weighted by atomic mass is 32.2. The Hall–Kier alpha value is -1.07. The summed E-state index contributed by atoms with van der Waals surface area (Å²) < 4.78 is 37.3. The van der Waals surface area contributed by atoms with Gasteiger partial charge in [0, 0.05) is 5.56 Å². The molecule has 0 bridgehead atoms. The van der Waals surface area contributed by atoms with Crippen LogP contribution in [-0.4, -0.2) is 20.1 Å². The van der Waals surface area contributed by atoms with Crippen LogP contribution in [0.3, 0.4) is 0 Å². The van der Waals surface area contributed by atoms with Crippen molar-refractivity contribution in [2.24, 2.45) is 5.92 Å². The third kappa shape index (κ3) is 3.46. The van der Waals surface area contributed by atoms with Crippen molar-refractivity contribution in [1.29, 1.82) is 0 Å². The van der Waals surface area contributed by atoms with Gasteiger partial charge in [-0.3, -0.25) is 4.55 Å². The van der Waals surface area contributed by atoms with Crippen molar-refractivity contribution in [2.75, 3.05) is 7.11 Å². The van der Waals surface area contributed by atoms with Crippen LogP contribution in [0, 0.1) is 12.8 Å². The second-order valence-electron chi connectivity index (χ2n) is 4.80. The van der Waals surface area contributed by atoms with Gasteiger partial charge >= 0.3 is 0 Å². The van der Waals surface area contributed by atoms with Gasteiger partial charge in [0.1, 0.15) is 10.6 Å². The highest BCUT2D eigenvalue weighted by Gasteiger charge is 2.20. The fraction of sp³-hybridized carbons (Fsp3) is 0.538. The molecule has 0 atom stereocenters. The Kier molecular flexibility index (Phi) is 4.76. The second-order valence-corrected chi connectivity index (χ2v) is 6.19. The molecule has 0 aliphatic rings. The minimum Gasteiger partial charge on any atom is -0.496 e. The van der Waals surface area contributed by atoms with Gasteiger partial charge in [-0.1, -0.05) is 19.9 Å². The molecule has 0 aliphatic heterocycles. The molecule has 5 heteroatoms. The Morgan fingerprint density at radius 1 is 1.33 bits per heavy atom. The number of benzene rings is 1. The fourth-order valence-electron chi connectivity index (χ4n) is 1.92. The van der Waals surface area contributed by atoms with Crippen molar-refractivity contribution in [3.05, 3.63) is 23.3 Å². The van der Waals surface area contributed by atoms with E-state index in [1.54, 1.807) is 6.07 Å². The molecule has 0 saturated carbocycles. The van der Waals surface area contributed by atoms with E-state index in [-0.39, 0.29) is 4.90 Å². The van der Waals surface area contributed by atoms with E-state index in [1.807, 2.05) is 6.92 Å². The van der Waals surface area contributed by atoms with Crippen LogP contribution in [0.2, 0.25) is 0 Å². The molecule has 1 aromatic carbocycles. The monoisotopic (exact) mass is 272 g/mol. The maximum Gasteiger partial charge on any atom is 0.294 e. The van der Waals surface area contributed by atoms with Gasteiger partial charge in [0.2, 0.25) is 0 Å². The van der Waals surface area contributed by atoms with Crippen molar-refractivity contribution in [3.8, 4) is 5.75 Å². The van der Waals surface area contributed by atoms with E-state index in [4.69, 9.17) is 4.74 Å². The van der Waals surface area contributed by atoms with Crippen LogP contribution >= 0.6 is 0 Å². The van der Waals surface area contributed by atoms with E-state index < -0.39 is 10.1 Å². The molecule has 0 heterocycles. The topological polar surface area (TPSA) is 63.6 Å². The van der Waals surface area contributed by atoms with Crippen molar-refractivity contribution >= 4 is 10.1 Å². The van der Waals surface area contributed by atoms with Gasteiger partial charge in [-0.2, -0.15) is 8.42 Å². The molecule has 4 nitrogen and oxygen atoms in total. The predicted octanol–water partition coefficient (Wildman–Crippen LogP) is 2.84. The maximum absolute atomic E-state index is 11.4. The molecule has 0 fully saturated rings. The zero-order valence-corrected chi connectivity index (χ0v) is 12.0. The van der Waals surface area contributed by atoms with Gasteiger partial charge in [0.05, 0.1) is 7.11 Å².